The molecule has 0 heterocycles. The molecule has 0 radical (unpaired) electrons. The molecular formula is C11H21NO. The zero-order chi connectivity index (χ0) is 9.15. The molecule has 0 aromatic heterocycles. The molecule has 0 aromatic carbocycles. The van der Waals surface area contributed by atoms with Gasteiger partial charge in [0.15, 0.2) is 0 Å². The Hall–Kier alpha value is -0.0800. The van der Waals surface area contributed by atoms with Crippen LogP contribution in [-0.2, 0) is 0 Å². The van der Waals surface area contributed by atoms with Crippen LogP contribution in [0.4, 0.5) is 0 Å². The standard InChI is InChI=1S/C11H21NO/c13-8-7-11(5-6-11)9-12-10-3-1-2-4-10/h10,12-13H,1-9H2. The minimum atomic E-state index is 0.367. The first-order valence-corrected chi connectivity index (χ1v) is 5.69. The van der Waals surface area contributed by atoms with Gasteiger partial charge in [0.1, 0.15) is 0 Å². The Morgan fingerprint density at radius 1 is 1.23 bits per heavy atom. The summed E-state index contributed by atoms with van der Waals surface area (Å²) in [5.41, 5.74) is 0.497. The molecule has 2 aliphatic carbocycles. The molecule has 0 spiro atoms. The van der Waals surface area contributed by atoms with Crippen molar-refractivity contribution in [3.05, 3.63) is 0 Å². The van der Waals surface area contributed by atoms with Crippen LogP contribution in [0.3, 0.4) is 0 Å². The smallest absolute Gasteiger partial charge is 0.0436 e. The van der Waals surface area contributed by atoms with E-state index in [4.69, 9.17) is 5.11 Å². The van der Waals surface area contributed by atoms with Crippen LogP contribution in [0.1, 0.15) is 44.9 Å². The summed E-state index contributed by atoms with van der Waals surface area (Å²) < 4.78 is 0. The number of nitrogens with one attached hydrogen (secondary N) is 1. The molecule has 0 unspecified atom stereocenters. The van der Waals surface area contributed by atoms with Crippen molar-refractivity contribution in [1.29, 1.82) is 0 Å². The van der Waals surface area contributed by atoms with Gasteiger partial charge in [-0.25, -0.2) is 0 Å². The fourth-order valence-corrected chi connectivity index (χ4v) is 2.42. The van der Waals surface area contributed by atoms with Crippen molar-refractivity contribution < 1.29 is 5.11 Å². The monoisotopic (exact) mass is 183 g/mol. The van der Waals surface area contributed by atoms with Crippen molar-refractivity contribution >= 4 is 0 Å². The minimum absolute atomic E-state index is 0.367. The quantitative estimate of drug-likeness (QED) is 0.679. The third-order valence-electron chi connectivity index (χ3n) is 3.72. The van der Waals surface area contributed by atoms with E-state index >= 15 is 0 Å². The zero-order valence-electron chi connectivity index (χ0n) is 8.39. The summed E-state index contributed by atoms with van der Waals surface area (Å²) in [7, 11) is 0. The van der Waals surface area contributed by atoms with Crippen LogP contribution in [-0.4, -0.2) is 24.3 Å². The number of rotatable bonds is 5. The average Bonchev–Trinajstić information content (AvgIpc) is 2.71. The lowest BCUT2D eigenvalue weighted by Gasteiger charge is -2.18. The van der Waals surface area contributed by atoms with Crippen LogP contribution in [0.5, 0.6) is 0 Å². The first-order valence-electron chi connectivity index (χ1n) is 5.69. The Morgan fingerprint density at radius 2 is 1.92 bits per heavy atom. The zero-order valence-corrected chi connectivity index (χ0v) is 8.39. The second-order valence-corrected chi connectivity index (χ2v) is 4.84. The van der Waals surface area contributed by atoms with E-state index < -0.39 is 0 Å². The molecule has 2 rings (SSSR count). The van der Waals surface area contributed by atoms with Crippen molar-refractivity contribution in [3.63, 3.8) is 0 Å². The number of aliphatic hydroxyl groups is 1. The fourth-order valence-electron chi connectivity index (χ4n) is 2.42. The highest BCUT2D eigenvalue weighted by Crippen LogP contribution is 2.48. The van der Waals surface area contributed by atoms with Crippen molar-refractivity contribution in [2.24, 2.45) is 5.41 Å². The first kappa shape index (κ1) is 9.47. The van der Waals surface area contributed by atoms with Gasteiger partial charge in [0.05, 0.1) is 0 Å². The van der Waals surface area contributed by atoms with Gasteiger partial charge in [0, 0.05) is 19.2 Å². The summed E-state index contributed by atoms with van der Waals surface area (Å²) in [6.45, 7) is 1.52. The molecule has 0 bridgehead atoms. The average molecular weight is 183 g/mol. The molecule has 2 heteroatoms. The topological polar surface area (TPSA) is 32.3 Å². The summed E-state index contributed by atoms with van der Waals surface area (Å²) >= 11 is 0. The van der Waals surface area contributed by atoms with E-state index in [9.17, 15) is 0 Å². The molecule has 13 heavy (non-hydrogen) atoms. The lowest BCUT2D eigenvalue weighted by molar-refractivity contribution is 0.242. The highest BCUT2D eigenvalue weighted by Gasteiger charge is 2.41. The molecule has 0 aromatic rings. The van der Waals surface area contributed by atoms with Gasteiger partial charge in [-0.3, -0.25) is 0 Å². The van der Waals surface area contributed by atoms with Crippen LogP contribution in [0.25, 0.3) is 0 Å². The number of aliphatic hydroxyl groups excluding tert-OH is 1. The Bertz CT molecular complexity index is 159. The maximum atomic E-state index is 8.91. The molecular weight excluding hydrogens is 162 g/mol. The fraction of sp³-hybridized carbons (Fsp3) is 1.00. The van der Waals surface area contributed by atoms with Gasteiger partial charge in [-0.1, -0.05) is 12.8 Å². The highest BCUT2D eigenvalue weighted by molar-refractivity contribution is 4.95. The number of hydrogen-bond donors (Lipinski definition) is 2. The van der Waals surface area contributed by atoms with Crippen LogP contribution in [0.15, 0.2) is 0 Å². The largest absolute Gasteiger partial charge is 0.396 e. The summed E-state index contributed by atoms with van der Waals surface area (Å²) in [5, 5.41) is 12.6. The normalized spacial score (nSPS) is 26.5. The Balaban J connectivity index is 1.66. The van der Waals surface area contributed by atoms with Gasteiger partial charge in [-0.15, -0.1) is 0 Å². The summed E-state index contributed by atoms with van der Waals surface area (Å²) in [4.78, 5) is 0. The second-order valence-electron chi connectivity index (χ2n) is 4.84. The van der Waals surface area contributed by atoms with E-state index in [-0.39, 0.29) is 0 Å². The van der Waals surface area contributed by atoms with Crippen LogP contribution in [0.2, 0.25) is 0 Å². The van der Waals surface area contributed by atoms with E-state index in [1.807, 2.05) is 0 Å². The Labute approximate surface area is 80.7 Å². The Morgan fingerprint density at radius 3 is 2.46 bits per heavy atom. The molecule has 2 N–H and O–H groups in total. The van der Waals surface area contributed by atoms with E-state index in [0.29, 0.717) is 12.0 Å². The SMILES string of the molecule is OCCC1(CNC2CCCC2)CC1. The third kappa shape index (κ3) is 2.44. The second kappa shape index (κ2) is 3.97. The molecule has 2 saturated carbocycles. The summed E-state index contributed by atoms with van der Waals surface area (Å²) in [6.07, 6.45) is 9.22. The van der Waals surface area contributed by atoms with Crippen molar-refractivity contribution in [1.82, 2.24) is 5.32 Å². The van der Waals surface area contributed by atoms with Gasteiger partial charge in [-0.2, -0.15) is 0 Å². The van der Waals surface area contributed by atoms with Gasteiger partial charge >= 0.3 is 0 Å². The van der Waals surface area contributed by atoms with Crippen molar-refractivity contribution in [2.45, 2.75) is 51.0 Å². The highest BCUT2D eigenvalue weighted by atomic mass is 16.3. The summed E-state index contributed by atoms with van der Waals surface area (Å²) in [5.74, 6) is 0. The van der Waals surface area contributed by atoms with Crippen molar-refractivity contribution in [2.75, 3.05) is 13.2 Å². The molecule has 0 amide bonds. The molecule has 0 saturated heterocycles. The molecule has 2 nitrogen and oxygen atoms in total. The molecule has 76 valence electrons. The maximum absolute atomic E-state index is 8.91. The third-order valence-corrected chi connectivity index (χ3v) is 3.72. The maximum Gasteiger partial charge on any atom is 0.0436 e. The van der Waals surface area contributed by atoms with E-state index in [2.05, 4.69) is 5.32 Å². The van der Waals surface area contributed by atoms with Gasteiger partial charge in [0.2, 0.25) is 0 Å². The molecule has 2 fully saturated rings. The van der Waals surface area contributed by atoms with E-state index in [0.717, 1.165) is 19.0 Å². The van der Waals surface area contributed by atoms with E-state index in [1.54, 1.807) is 0 Å². The number of hydrogen-bond acceptors (Lipinski definition) is 2. The minimum Gasteiger partial charge on any atom is -0.396 e. The predicted octanol–water partition coefficient (Wildman–Crippen LogP) is 1.68. The lowest BCUT2D eigenvalue weighted by atomic mass is 10.0. The lowest BCUT2D eigenvalue weighted by Crippen LogP contribution is -2.32. The van der Waals surface area contributed by atoms with Crippen LogP contribution < -0.4 is 5.32 Å². The van der Waals surface area contributed by atoms with Gasteiger partial charge in [0.25, 0.3) is 0 Å². The predicted molar refractivity (Wildman–Crippen MR) is 53.6 cm³/mol. The molecule has 2 aliphatic rings. The molecule has 0 atom stereocenters. The van der Waals surface area contributed by atoms with E-state index in [1.165, 1.54) is 38.5 Å². The van der Waals surface area contributed by atoms with Gasteiger partial charge < -0.3 is 10.4 Å². The first-order chi connectivity index (χ1) is 6.35. The van der Waals surface area contributed by atoms with Crippen LogP contribution in [0, 0.1) is 5.41 Å². The Kier molecular flexibility index (Phi) is 2.89. The molecule has 0 aliphatic heterocycles. The van der Waals surface area contributed by atoms with Gasteiger partial charge in [-0.05, 0) is 37.5 Å². The summed E-state index contributed by atoms with van der Waals surface area (Å²) in [6, 6.07) is 0.788. The van der Waals surface area contributed by atoms with Crippen LogP contribution >= 0.6 is 0 Å². The van der Waals surface area contributed by atoms with Crippen molar-refractivity contribution in [3.8, 4) is 0 Å².